The summed E-state index contributed by atoms with van der Waals surface area (Å²) in [5, 5.41) is 3.67. The summed E-state index contributed by atoms with van der Waals surface area (Å²) in [4.78, 5) is 0. The van der Waals surface area contributed by atoms with E-state index in [0.717, 1.165) is 6.04 Å². The molecular weight excluding hydrogens is 218 g/mol. The van der Waals surface area contributed by atoms with Crippen molar-refractivity contribution < 1.29 is 0 Å². The summed E-state index contributed by atoms with van der Waals surface area (Å²) in [5.41, 5.74) is 1.48. The molecule has 1 heteroatoms. The van der Waals surface area contributed by atoms with Gasteiger partial charge in [0.05, 0.1) is 0 Å². The standard InChI is InChI=1S/C17H29N/c1-3-10-17(18-15-4-2)14-9-8-13-16-11-6-5-7-12-16/h5-7,11-12,17-18H,3-4,8-10,13-15H2,1-2H3. The molecule has 0 amide bonds. The molecule has 102 valence electrons. The van der Waals surface area contributed by atoms with E-state index < -0.39 is 0 Å². The van der Waals surface area contributed by atoms with E-state index in [4.69, 9.17) is 0 Å². The van der Waals surface area contributed by atoms with Gasteiger partial charge in [0.25, 0.3) is 0 Å². The van der Waals surface area contributed by atoms with E-state index in [0.29, 0.717) is 0 Å². The first-order valence-corrected chi connectivity index (χ1v) is 7.64. The SMILES string of the molecule is CCCNC(CCC)CCCCc1ccccc1. The van der Waals surface area contributed by atoms with Gasteiger partial charge in [-0.2, -0.15) is 0 Å². The van der Waals surface area contributed by atoms with Crippen LogP contribution in [0.25, 0.3) is 0 Å². The number of rotatable bonds is 10. The van der Waals surface area contributed by atoms with Gasteiger partial charge in [-0.25, -0.2) is 0 Å². The van der Waals surface area contributed by atoms with E-state index in [2.05, 4.69) is 49.5 Å². The predicted molar refractivity (Wildman–Crippen MR) is 81.0 cm³/mol. The number of hydrogen-bond acceptors (Lipinski definition) is 1. The van der Waals surface area contributed by atoms with Gasteiger partial charge in [0, 0.05) is 6.04 Å². The first-order valence-electron chi connectivity index (χ1n) is 7.64. The lowest BCUT2D eigenvalue weighted by atomic mass is 10.0. The van der Waals surface area contributed by atoms with Gasteiger partial charge < -0.3 is 5.32 Å². The zero-order chi connectivity index (χ0) is 13.1. The summed E-state index contributed by atoms with van der Waals surface area (Å²) >= 11 is 0. The molecule has 18 heavy (non-hydrogen) atoms. The van der Waals surface area contributed by atoms with Crippen molar-refractivity contribution in [3.8, 4) is 0 Å². The topological polar surface area (TPSA) is 12.0 Å². The Balaban J connectivity index is 2.14. The van der Waals surface area contributed by atoms with Crippen molar-refractivity contribution in [3.05, 3.63) is 35.9 Å². The molecule has 0 aliphatic heterocycles. The molecule has 1 atom stereocenters. The molecule has 0 fully saturated rings. The molecule has 0 bridgehead atoms. The quantitative estimate of drug-likeness (QED) is 0.597. The molecule has 1 aromatic rings. The van der Waals surface area contributed by atoms with E-state index in [1.807, 2.05) is 0 Å². The normalized spacial score (nSPS) is 12.6. The molecule has 1 aromatic carbocycles. The molecule has 0 aromatic heterocycles. The van der Waals surface area contributed by atoms with Crippen LogP contribution in [0.5, 0.6) is 0 Å². The summed E-state index contributed by atoms with van der Waals surface area (Å²) in [6.07, 6.45) is 9.08. The molecule has 0 saturated heterocycles. The van der Waals surface area contributed by atoms with Crippen molar-refractivity contribution >= 4 is 0 Å². The van der Waals surface area contributed by atoms with Gasteiger partial charge in [0.15, 0.2) is 0 Å². The van der Waals surface area contributed by atoms with E-state index in [9.17, 15) is 0 Å². The maximum Gasteiger partial charge on any atom is 0.00669 e. The molecule has 1 unspecified atom stereocenters. The number of nitrogens with one attached hydrogen (secondary N) is 1. The molecule has 0 heterocycles. The molecule has 1 rings (SSSR count). The van der Waals surface area contributed by atoms with Crippen molar-refractivity contribution in [1.82, 2.24) is 5.32 Å². The Morgan fingerprint density at radius 2 is 1.72 bits per heavy atom. The van der Waals surface area contributed by atoms with E-state index in [-0.39, 0.29) is 0 Å². The van der Waals surface area contributed by atoms with Gasteiger partial charge in [-0.05, 0) is 44.2 Å². The minimum absolute atomic E-state index is 0.741. The minimum Gasteiger partial charge on any atom is -0.314 e. The van der Waals surface area contributed by atoms with Crippen molar-refractivity contribution in [2.75, 3.05) is 6.54 Å². The maximum atomic E-state index is 3.67. The van der Waals surface area contributed by atoms with Gasteiger partial charge in [-0.3, -0.25) is 0 Å². The molecule has 1 nitrogen and oxygen atoms in total. The fraction of sp³-hybridized carbons (Fsp3) is 0.647. The molecule has 0 spiro atoms. The van der Waals surface area contributed by atoms with E-state index in [1.165, 1.54) is 57.1 Å². The lowest BCUT2D eigenvalue weighted by molar-refractivity contribution is 0.432. The summed E-state index contributed by atoms with van der Waals surface area (Å²) in [6, 6.07) is 11.6. The average Bonchev–Trinajstić information content (AvgIpc) is 2.42. The van der Waals surface area contributed by atoms with Crippen molar-refractivity contribution in [1.29, 1.82) is 0 Å². The first kappa shape index (κ1) is 15.2. The highest BCUT2D eigenvalue weighted by Gasteiger charge is 2.05. The molecule has 0 aliphatic rings. The van der Waals surface area contributed by atoms with Gasteiger partial charge in [-0.1, -0.05) is 57.0 Å². The van der Waals surface area contributed by atoms with E-state index >= 15 is 0 Å². The second kappa shape index (κ2) is 10.1. The molecule has 0 aliphatic carbocycles. The van der Waals surface area contributed by atoms with Crippen LogP contribution in [0.2, 0.25) is 0 Å². The van der Waals surface area contributed by atoms with Crippen LogP contribution in [-0.2, 0) is 6.42 Å². The van der Waals surface area contributed by atoms with Crippen molar-refractivity contribution in [2.24, 2.45) is 0 Å². The highest BCUT2D eigenvalue weighted by Crippen LogP contribution is 2.10. The van der Waals surface area contributed by atoms with Crippen LogP contribution in [0.1, 0.15) is 57.9 Å². The minimum atomic E-state index is 0.741. The third-order valence-corrected chi connectivity index (χ3v) is 3.43. The fourth-order valence-corrected chi connectivity index (χ4v) is 2.41. The zero-order valence-electron chi connectivity index (χ0n) is 12.1. The van der Waals surface area contributed by atoms with Crippen LogP contribution in [0.3, 0.4) is 0 Å². The molecule has 0 saturated carbocycles. The van der Waals surface area contributed by atoms with Crippen LogP contribution in [0.4, 0.5) is 0 Å². The summed E-state index contributed by atoms with van der Waals surface area (Å²) in [5.74, 6) is 0. The Morgan fingerprint density at radius 1 is 0.944 bits per heavy atom. The van der Waals surface area contributed by atoms with Crippen molar-refractivity contribution in [2.45, 2.75) is 64.8 Å². The number of aryl methyl sites for hydroxylation is 1. The molecule has 1 N–H and O–H groups in total. The third kappa shape index (κ3) is 6.80. The second-order valence-electron chi connectivity index (χ2n) is 5.17. The average molecular weight is 247 g/mol. The predicted octanol–water partition coefficient (Wildman–Crippen LogP) is 4.57. The Morgan fingerprint density at radius 3 is 2.39 bits per heavy atom. The maximum absolute atomic E-state index is 3.67. The second-order valence-corrected chi connectivity index (χ2v) is 5.17. The van der Waals surface area contributed by atoms with Gasteiger partial charge >= 0.3 is 0 Å². The Bertz CT molecular complexity index is 281. The largest absolute Gasteiger partial charge is 0.314 e. The Labute approximate surface area is 113 Å². The Hall–Kier alpha value is -0.820. The third-order valence-electron chi connectivity index (χ3n) is 3.43. The van der Waals surface area contributed by atoms with Gasteiger partial charge in [0.2, 0.25) is 0 Å². The van der Waals surface area contributed by atoms with Crippen LogP contribution in [0, 0.1) is 0 Å². The monoisotopic (exact) mass is 247 g/mol. The lowest BCUT2D eigenvalue weighted by Crippen LogP contribution is -2.29. The Kier molecular flexibility index (Phi) is 8.58. The van der Waals surface area contributed by atoms with Crippen molar-refractivity contribution in [3.63, 3.8) is 0 Å². The van der Waals surface area contributed by atoms with Crippen LogP contribution < -0.4 is 5.32 Å². The van der Waals surface area contributed by atoms with E-state index in [1.54, 1.807) is 0 Å². The summed E-state index contributed by atoms with van der Waals surface area (Å²) < 4.78 is 0. The number of hydrogen-bond donors (Lipinski definition) is 1. The van der Waals surface area contributed by atoms with Gasteiger partial charge in [-0.15, -0.1) is 0 Å². The highest BCUT2D eigenvalue weighted by atomic mass is 14.9. The number of unbranched alkanes of at least 4 members (excludes halogenated alkanes) is 1. The summed E-state index contributed by atoms with van der Waals surface area (Å²) in [6.45, 7) is 5.69. The van der Waals surface area contributed by atoms with Crippen LogP contribution in [0.15, 0.2) is 30.3 Å². The molecule has 0 radical (unpaired) electrons. The van der Waals surface area contributed by atoms with Gasteiger partial charge in [0.1, 0.15) is 0 Å². The smallest absolute Gasteiger partial charge is 0.00669 e. The van der Waals surface area contributed by atoms with Crippen LogP contribution >= 0.6 is 0 Å². The highest BCUT2D eigenvalue weighted by molar-refractivity contribution is 5.14. The lowest BCUT2D eigenvalue weighted by Gasteiger charge is -2.17. The molecular formula is C17H29N. The summed E-state index contributed by atoms with van der Waals surface area (Å²) in [7, 11) is 0. The number of benzene rings is 1. The fourth-order valence-electron chi connectivity index (χ4n) is 2.41. The zero-order valence-corrected chi connectivity index (χ0v) is 12.1. The van der Waals surface area contributed by atoms with Crippen LogP contribution in [-0.4, -0.2) is 12.6 Å². The first-order chi connectivity index (χ1) is 8.86.